The third-order valence-electron chi connectivity index (χ3n) is 4.28. The molecule has 8 heteroatoms. The van der Waals surface area contributed by atoms with Crippen molar-refractivity contribution in [1.82, 2.24) is 14.4 Å². The van der Waals surface area contributed by atoms with Gasteiger partial charge in [0.25, 0.3) is 0 Å². The van der Waals surface area contributed by atoms with E-state index in [-0.39, 0.29) is 11.8 Å². The Kier molecular flexibility index (Phi) is 4.71. The molecule has 0 spiro atoms. The minimum atomic E-state index is -3.56. The number of methoxy groups -OCH3 is 1. The largest absolute Gasteiger partial charge is 0.384 e. The Morgan fingerprint density at radius 3 is 2.75 bits per heavy atom. The second-order valence-corrected chi connectivity index (χ2v) is 8.08. The first-order valence-corrected chi connectivity index (χ1v) is 9.22. The van der Waals surface area contributed by atoms with E-state index in [1.54, 1.807) is 32.2 Å². The molecular weight excluding hydrogens is 330 g/mol. The number of rotatable bonds is 5. The summed E-state index contributed by atoms with van der Waals surface area (Å²) in [6.07, 6.45) is 0. The Labute approximate surface area is 141 Å². The summed E-state index contributed by atoms with van der Waals surface area (Å²) in [4.78, 5) is 4.58. The molecular formula is C16H21N3O4S. The third kappa shape index (κ3) is 3.22. The lowest BCUT2D eigenvalue weighted by Gasteiger charge is -2.16. The Morgan fingerprint density at radius 2 is 2.12 bits per heavy atom. The number of sulfonamides is 1. The fourth-order valence-electron chi connectivity index (χ4n) is 3.08. The van der Waals surface area contributed by atoms with E-state index < -0.39 is 10.0 Å². The predicted molar refractivity (Wildman–Crippen MR) is 87.1 cm³/mol. The SMILES string of the molecule is COCC1CN(S(=O)(=O)c2cccc(C)c2)CC1c1nc(C)no1. The zero-order valence-corrected chi connectivity index (χ0v) is 14.8. The lowest BCUT2D eigenvalue weighted by molar-refractivity contribution is 0.145. The number of hydrogen-bond donors (Lipinski definition) is 0. The molecule has 2 heterocycles. The van der Waals surface area contributed by atoms with Crippen LogP contribution in [0, 0.1) is 19.8 Å². The van der Waals surface area contributed by atoms with Gasteiger partial charge in [0.15, 0.2) is 5.82 Å². The molecule has 2 unspecified atom stereocenters. The molecule has 24 heavy (non-hydrogen) atoms. The molecule has 0 aliphatic carbocycles. The first kappa shape index (κ1) is 17.1. The summed E-state index contributed by atoms with van der Waals surface area (Å²) in [5.74, 6) is 0.831. The van der Waals surface area contributed by atoms with E-state index >= 15 is 0 Å². The maximum Gasteiger partial charge on any atom is 0.243 e. The molecule has 3 rings (SSSR count). The Hall–Kier alpha value is -1.77. The summed E-state index contributed by atoms with van der Waals surface area (Å²) < 4.78 is 37.9. The van der Waals surface area contributed by atoms with E-state index in [1.807, 2.05) is 13.0 Å². The molecule has 7 nitrogen and oxygen atoms in total. The van der Waals surface area contributed by atoms with Gasteiger partial charge in [-0.3, -0.25) is 0 Å². The summed E-state index contributed by atoms with van der Waals surface area (Å²) in [5.41, 5.74) is 0.910. The van der Waals surface area contributed by atoms with Crippen molar-refractivity contribution in [1.29, 1.82) is 0 Å². The number of hydrogen-bond acceptors (Lipinski definition) is 6. The van der Waals surface area contributed by atoms with Crippen LogP contribution in [0.5, 0.6) is 0 Å². The molecule has 1 aromatic heterocycles. The Morgan fingerprint density at radius 1 is 1.33 bits per heavy atom. The van der Waals surface area contributed by atoms with E-state index in [2.05, 4.69) is 10.1 Å². The third-order valence-corrected chi connectivity index (χ3v) is 6.10. The second-order valence-electron chi connectivity index (χ2n) is 6.14. The van der Waals surface area contributed by atoms with E-state index in [0.717, 1.165) is 5.56 Å². The molecule has 2 aromatic rings. The average Bonchev–Trinajstić information content (AvgIpc) is 3.14. The number of aryl methyl sites for hydroxylation is 2. The van der Waals surface area contributed by atoms with Gasteiger partial charge in [-0.05, 0) is 31.5 Å². The maximum absolute atomic E-state index is 12.9. The molecule has 1 aromatic carbocycles. The molecule has 0 amide bonds. The first-order chi connectivity index (χ1) is 11.4. The summed E-state index contributed by atoms with van der Waals surface area (Å²) >= 11 is 0. The predicted octanol–water partition coefficient (Wildman–Crippen LogP) is 1.74. The van der Waals surface area contributed by atoms with Gasteiger partial charge in [0, 0.05) is 26.1 Å². The second kappa shape index (κ2) is 6.62. The van der Waals surface area contributed by atoms with Crippen molar-refractivity contribution < 1.29 is 17.7 Å². The lowest BCUT2D eigenvalue weighted by Crippen LogP contribution is -2.29. The van der Waals surface area contributed by atoms with Crippen LogP contribution in [0.2, 0.25) is 0 Å². The van der Waals surface area contributed by atoms with Crippen LogP contribution in [0.4, 0.5) is 0 Å². The molecule has 1 aliphatic heterocycles. The molecule has 0 bridgehead atoms. The van der Waals surface area contributed by atoms with Gasteiger partial charge < -0.3 is 9.26 Å². The van der Waals surface area contributed by atoms with Crippen LogP contribution < -0.4 is 0 Å². The molecule has 130 valence electrons. The van der Waals surface area contributed by atoms with Gasteiger partial charge in [0.1, 0.15) is 0 Å². The van der Waals surface area contributed by atoms with Crippen LogP contribution in [0.1, 0.15) is 23.2 Å². The Bertz CT molecular complexity index is 818. The van der Waals surface area contributed by atoms with E-state index in [1.165, 1.54) is 4.31 Å². The van der Waals surface area contributed by atoms with Gasteiger partial charge in [-0.2, -0.15) is 9.29 Å². The summed E-state index contributed by atoms with van der Waals surface area (Å²) in [7, 11) is -1.95. The van der Waals surface area contributed by atoms with Crippen molar-refractivity contribution in [2.45, 2.75) is 24.7 Å². The highest BCUT2D eigenvalue weighted by molar-refractivity contribution is 7.89. The highest BCUT2D eigenvalue weighted by Gasteiger charge is 2.42. The number of nitrogens with zero attached hydrogens (tertiary/aromatic N) is 3. The zero-order chi connectivity index (χ0) is 17.3. The van der Waals surface area contributed by atoms with Gasteiger partial charge in [0.05, 0.1) is 17.4 Å². The van der Waals surface area contributed by atoms with E-state index in [9.17, 15) is 8.42 Å². The van der Waals surface area contributed by atoms with Gasteiger partial charge in [-0.1, -0.05) is 17.3 Å². The van der Waals surface area contributed by atoms with E-state index in [4.69, 9.17) is 9.26 Å². The van der Waals surface area contributed by atoms with Gasteiger partial charge in [-0.15, -0.1) is 0 Å². The van der Waals surface area contributed by atoms with Crippen molar-refractivity contribution in [3.05, 3.63) is 41.5 Å². The quantitative estimate of drug-likeness (QED) is 0.816. The standard InChI is InChI=1S/C16H21N3O4S/c1-11-5-4-6-14(7-11)24(20,21)19-8-13(10-22-3)15(9-19)16-17-12(2)18-23-16/h4-7,13,15H,8-10H2,1-3H3. The summed E-state index contributed by atoms with van der Waals surface area (Å²) in [6.45, 7) is 4.74. The number of ether oxygens (including phenoxy) is 1. The van der Waals surface area contributed by atoms with Crippen molar-refractivity contribution in [2.75, 3.05) is 26.8 Å². The fourth-order valence-corrected chi connectivity index (χ4v) is 4.71. The van der Waals surface area contributed by atoms with Crippen molar-refractivity contribution in [3.63, 3.8) is 0 Å². The normalized spacial score (nSPS) is 22.1. The van der Waals surface area contributed by atoms with Gasteiger partial charge >= 0.3 is 0 Å². The molecule has 1 fully saturated rings. The minimum absolute atomic E-state index is 0.0190. The van der Waals surface area contributed by atoms with Crippen LogP contribution in [0.25, 0.3) is 0 Å². The monoisotopic (exact) mass is 351 g/mol. The zero-order valence-electron chi connectivity index (χ0n) is 14.0. The fraction of sp³-hybridized carbons (Fsp3) is 0.500. The van der Waals surface area contributed by atoms with Crippen LogP contribution in [-0.4, -0.2) is 49.7 Å². The lowest BCUT2D eigenvalue weighted by atomic mass is 9.97. The average molecular weight is 351 g/mol. The molecule has 0 N–H and O–H groups in total. The molecule has 1 saturated heterocycles. The van der Waals surface area contributed by atoms with Crippen molar-refractivity contribution >= 4 is 10.0 Å². The molecule has 0 saturated carbocycles. The summed E-state index contributed by atoms with van der Waals surface area (Å²) in [6, 6.07) is 6.94. The minimum Gasteiger partial charge on any atom is -0.384 e. The highest BCUT2D eigenvalue weighted by atomic mass is 32.2. The first-order valence-electron chi connectivity index (χ1n) is 7.78. The van der Waals surface area contributed by atoms with Crippen molar-refractivity contribution in [3.8, 4) is 0 Å². The van der Waals surface area contributed by atoms with Crippen LogP contribution in [0.15, 0.2) is 33.7 Å². The molecule has 0 radical (unpaired) electrons. The number of aromatic nitrogens is 2. The van der Waals surface area contributed by atoms with Crippen LogP contribution in [-0.2, 0) is 14.8 Å². The van der Waals surface area contributed by atoms with Crippen LogP contribution in [0.3, 0.4) is 0 Å². The topological polar surface area (TPSA) is 85.5 Å². The summed E-state index contributed by atoms with van der Waals surface area (Å²) in [5, 5.41) is 3.82. The molecule has 1 aliphatic rings. The smallest absolute Gasteiger partial charge is 0.243 e. The van der Waals surface area contributed by atoms with Crippen LogP contribution >= 0.6 is 0 Å². The number of benzene rings is 1. The highest BCUT2D eigenvalue weighted by Crippen LogP contribution is 2.35. The van der Waals surface area contributed by atoms with Crippen molar-refractivity contribution in [2.24, 2.45) is 5.92 Å². The van der Waals surface area contributed by atoms with Gasteiger partial charge in [0.2, 0.25) is 15.9 Å². The molecule has 2 atom stereocenters. The Balaban J connectivity index is 1.89. The maximum atomic E-state index is 12.9. The van der Waals surface area contributed by atoms with Gasteiger partial charge in [-0.25, -0.2) is 8.42 Å². The van der Waals surface area contributed by atoms with E-state index in [0.29, 0.717) is 36.3 Å².